The van der Waals surface area contributed by atoms with Gasteiger partial charge in [0.05, 0.1) is 5.69 Å². The van der Waals surface area contributed by atoms with Crippen LogP contribution in [0.15, 0.2) is 5.38 Å². The van der Waals surface area contributed by atoms with Gasteiger partial charge in [-0.2, -0.15) is 0 Å². The van der Waals surface area contributed by atoms with Gasteiger partial charge in [-0.05, 0) is 32.2 Å². The lowest BCUT2D eigenvalue weighted by Gasteiger charge is -2.20. The molecule has 0 spiro atoms. The first-order valence-corrected chi connectivity index (χ1v) is 7.05. The van der Waals surface area contributed by atoms with Gasteiger partial charge in [0, 0.05) is 25.0 Å². The second kappa shape index (κ2) is 5.64. The largest absolute Gasteiger partial charge is 0.348 e. The fourth-order valence-electron chi connectivity index (χ4n) is 1.85. The zero-order valence-corrected chi connectivity index (χ0v) is 11.0. The Bertz CT molecular complexity index is 320. The van der Waals surface area contributed by atoms with Crippen molar-refractivity contribution in [2.24, 2.45) is 5.92 Å². The van der Waals surface area contributed by atoms with Gasteiger partial charge in [0.1, 0.15) is 0 Å². The number of aromatic nitrogens is 1. The average Bonchev–Trinajstić information content (AvgIpc) is 2.96. The van der Waals surface area contributed by atoms with E-state index in [1.165, 1.54) is 36.6 Å². The lowest BCUT2D eigenvalue weighted by atomic mass is 10.3. The molecule has 0 radical (unpaired) electrons. The predicted molar refractivity (Wildman–Crippen MR) is 70.1 cm³/mol. The Kier molecular flexibility index (Phi) is 4.18. The van der Waals surface area contributed by atoms with E-state index in [2.05, 4.69) is 27.5 Å². The average molecular weight is 239 g/mol. The maximum absolute atomic E-state index is 4.68. The van der Waals surface area contributed by atoms with Crippen LogP contribution in [0.3, 0.4) is 0 Å². The molecule has 2 rings (SSSR count). The van der Waals surface area contributed by atoms with Crippen LogP contribution in [0.25, 0.3) is 0 Å². The van der Waals surface area contributed by atoms with Crippen molar-refractivity contribution in [2.45, 2.75) is 32.7 Å². The van der Waals surface area contributed by atoms with Crippen LogP contribution in [0.4, 0.5) is 5.13 Å². The van der Waals surface area contributed by atoms with Crippen LogP contribution >= 0.6 is 11.3 Å². The van der Waals surface area contributed by atoms with E-state index in [-0.39, 0.29) is 0 Å². The predicted octanol–water partition coefficient (Wildman–Crippen LogP) is 2.49. The minimum absolute atomic E-state index is 0.875. The molecular weight excluding hydrogens is 218 g/mol. The molecule has 16 heavy (non-hydrogen) atoms. The van der Waals surface area contributed by atoms with Crippen LogP contribution in [0.2, 0.25) is 0 Å². The highest BCUT2D eigenvalue weighted by Crippen LogP contribution is 2.32. The van der Waals surface area contributed by atoms with Gasteiger partial charge < -0.3 is 10.2 Å². The normalized spacial score (nSPS) is 15.4. The third kappa shape index (κ3) is 3.19. The Morgan fingerprint density at radius 2 is 2.38 bits per heavy atom. The molecule has 0 atom stereocenters. The Morgan fingerprint density at radius 3 is 3.00 bits per heavy atom. The van der Waals surface area contributed by atoms with Crippen LogP contribution in [0, 0.1) is 5.92 Å². The maximum Gasteiger partial charge on any atom is 0.185 e. The molecule has 1 aromatic heterocycles. The van der Waals surface area contributed by atoms with Crippen LogP contribution in [0.5, 0.6) is 0 Å². The van der Waals surface area contributed by atoms with Crippen molar-refractivity contribution in [2.75, 3.05) is 25.0 Å². The number of nitrogens with one attached hydrogen (secondary N) is 1. The van der Waals surface area contributed by atoms with Gasteiger partial charge in [0.2, 0.25) is 0 Å². The Hall–Kier alpha value is -0.610. The second-order valence-corrected chi connectivity index (χ2v) is 5.38. The number of hydrogen-bond acceptors (Lipinski definition) is 4. The molecule has 90 valence electrons. The molecule has 1 heterocycles. The van der Waals surface area contributed by atoms with Gasteiger partial charge in [0.15, 0.2) is 5.13 Å². The molecule has 1 aliphatic carbocycles. The summed E-state index contributed by atoms with van der Waals surface area (Å²) >= 11 is 1.78. The second-order valence-electron chi connectivity index (χ2n) is 4.54. The highest BCUT2D eigenvalue weighted by atomic mass is 32.1. The van der Waals surface area contributed by atoms with E-state index in [1.807, 2.05) is 7.05 Å². The van der Waals surface area contributed by atoms with Gasteiger partial charge in [-0.25, -0.2) is 4.98 Å². The quantitative estimate of drug-likeness (QED) is 0.792. The molecule has 1 N–H and O–H groups in total. The summed E-state index contributed by atoms with van der Waals surface area (Å²) in [6.07, 6.45) is 4.03. The number of nitrogens with zero attached hydrogens (tertiary/aromatic N) is 2. The minimum atomic E-state index is 0.875. The van der Waals surface area contributed by atoms with Crippen LogP contribution in [-0.2, 0) is 6.54 Å². The van der Waals surface area contributed by atoms with E-state index >= 15 is 0 Å². The van der Waals surface area contributed by atoms with Crippen molar-refractivity contribution in [1.29, 1.82) is 0 Å². The fraction of sp³-hybridized carbons (Fsp3) is 0.750. The Labute approximate surface area is 102 Å². The molecule has 0 saturated heterocycles. The van der Waals surface area contributed by atoms with Crippen molar-refractivity contribution >= 4 is 16.5 Å². The fourth-order valence-corrected chi connectivity index (χ4v) is 2.71. The summed E-state index contributed by atoms with van der Waals surface area (Å²) in [5.74, 6) is 0.934. The van der Waals surface area contributed by atoms with Crippen molar-refractivity contribution in [3.8, 4) is 0 Å². The lowest BCUT2D eigenvalue weighted by molar-refractivity contribution is 0.702. The topological polar surface area (TPSA) is 28.2 Å². The molecule has 4 heteroatoms. The van der Waals surface area contributed by atoms with Gasteiger partial charge in [-0.3, -0.25) is 0 Å². The summed E-state index contributed by atoms with van der Waals surface area (Å²) in [6.45, 7) is 5.46. The highest BCUT2D eigenvalue weighted by molar-refractivity contribution is 7.13. The van der Waals surface area contributed by atoms with E-state index < -0.39 is 0 Å². The minimum Gasteiger partial charge on any atom is -0.348 e. The molecule has 1 aromatic rings. The lowest BCUT2D eigenvalue weighted by Crippen LogP contribution is -2.26. The summed E-state index contributed by atoms with van der Waals surface area (Å²) < 4.78 is 0. The smallest absolute Gasteiger partial charge is 0.185 e. The highest BCUT2D eigenvalue weighted by Gasteiger charge is 2.25. The van der Waals surface area contributed by atoms with Crippen molar-refractivity contribution in [1.82, 2.24) is 10.3 Å². The molecule has 0 unspecified atom stereocenters. The Morgan fingerprint density at radius 1 is 1.56 bits per heavy atom. The molecule has 1 fully saturated rings. The summed E-state index contributed by atoms with van der Waals surface area (Å²) in [7, 11) is 1.97. The zero-order chi connectivity index (χ0) is 11.4. The molecule has 0 amide bonds. The van der Waals surface area contributed by atoms with Gasteiger partial charge >= 0.3 is 0 Å². The van der Waals surface area contributed by atoms with E-state index in [9.17, 15) is 0 Å². The van der Waals surface area contributed by atoms with E-state index in [0.717, 1.165) is 19.0 Å². The van der Waals surface area contributed by atoms with Crippen molar-refractivity contribution in [3.05, 3.63) is 11.1 Å². The Balaban J connectivity index is 1.98. The molecule has 0 aromatic carbocycles. The van der Waals surface area contributed by atoms with Gasteiger partial charge in [-0.15, -0.1) is 11.3 Å². The molecule has 0 aliphatic heterocycles. The SMILES string of the molecule is CCCN(CC1CC1)c1nc(CNC)cs1. The first-order chi connectivity index (χ1) is 7.83. The molecule has 3 nitrogen and oxygen atoms in total. The van der Waals surface area contributed by atoms with Crippen LogP contribution < -0.4 is 10.2 Å². The first kappa shape index (κ1) is 11.9. The molecule has 1 saturated carbocycles. The van der Waals surface area contributed by atoms with Crippen molar-refractivity contribution < 1.29 is 0 Å². The van der Waals surface area contributed by atoms with E-state index in [0.29, 0.717) is 0 Å². The summed E-state index contributed by atoms with van der Waals surface area (Å²) in [5.41, 5.74) is 1.17. The van der Waals surface area contributed by atoms with E-state index in [4.69, 9.17) is 0 Å². The first-order valence-electron chi connectivity index (χ1n) is 6.17. The van der Waals surface area contributed by atoms with Crippen molar-refractivity contribution in [3.63, 3.8) is 0 Å². The number of anilines is 1. The number of rotatable bonds is 7. The van der Waals surface area contributed by atoms with Crippen LogP contribution in [0.1, 0.15) is 31.9 Å². The summed E-state index contributed by atoms with van der Waals surface area (Å²) in [5, 5.41) is 6.52. The summed E-state index contributed by atoms with van der Waals surface area (Å²) in [4.78, 5) is 7.14. The number of thiazole rings is 1. The third-order valence-electron chi connectivity index (χ3n) is 2.84. The molecule has 1 aliphatic rings. The monoisotopic (exact) mass is 239 g/mol. The third-order valence-corrected chi connectivity index (χ3v) is 3.79. The standard InChI is InChI=1S/C12H21N3S/c1-3-6-15(8-10-4-5-10)12-14-11(7-13-2)9-16-12/h9-10,13H,3-8H2,1-2H3. The van der Waals surface area contributed by atoms with Crippen LogP contribution in [-0.4, -0.2) is 25.1 Å². The van der Waals surface area contributed by atoms with Gasteiger partial charge in [-0.1, -0.05) is 6.92 Å². The van der Waals surface area contributed by atoms with Gasteiger partial charge in [0.25, 0.3) is 0 Å². The summed E-state index contributed by atoms with van der Waals surface area (Å²) in [6, 6.07) is 0. The zero-order valence-electron chi connectivity index (χ0n) is 10.2. The van der Waals surface area contributed by atoms with E-state index in [1.54, 1.807) is 11.3 Å². The molecular formula is C12H21N3S. The molecule has 0 bridgehead atoms. The maximum atomic E-state index is 4.68. The number of hydrogen-bond donors (Lipinski definition) is 1.